The first kappa shape index (κ1) is 37.6. The molecule has 3 fully saturated rings. The molecule has 0 aromatic heterocycles. The highest BCUT2D eigenvalue weighted by atomic mass is 16.6. The van der Waals surface area contributed by atoms with Gasteiger partial charge in [0.2, 0.25) is 0 Å². The summed E-state index contributed by atoms with van der Waals surface area (Å²) in [5.74, 6) is -3.75. The van der Waals surface area contributed by atoms with Gasteiger partial charge in [-0.15, -0.1) is 0 Å². The van der Waals surface area contributed by atoms with Crippen LogP contribution in [0.1, 0.15) is 93.6 Å². The maximum absolute atomic E-state index is 14.7. The summed E-state index contributed by atoms with van der Waals surface area (Å²) in [7, 11) is 0. The van der Waals surface area contributed by atoms with Gasteiger partial charge >= 0.3 is 11.9 Å². The number of aliphatic hydroxyl groups is 2. The third-order valence-electron chi connectivity index (χ3n) is 13.0. The molecule has 5 rings (SSSR count). The lowest BCUT2D eigenvalue weighted by molar-refractivity contribution is -0.185. The summed E-state index contributed by atoms with van der Waals surface area (Å²) in [5.41, 5.74) is -5.05. The van der Waals surface area contributed by atoms with Crippen molar-refractivity contribution in [3.05, 3.63) is 65.8 Å². The van der Waals surface area contributed by atoms with Gasteiger partial charge in [0, 0.05) is 36.2 Å². The lowest BCUT2D eigenvalue weighted by Crippen LogP contribution is -2.65. The van der Waals surface area contributed by atoms with E-state index in [9.17, 15) is 34.2 Å². The molecule has 9 nitrogen and oxygen atoms in total. The molecule has 0 radical (unpaired) electrons. The molecule has 0 bridgehead atoms. The van der Waals surface area contributed by atoms with Crippen LogP contribution in [0.5, 0.6) is 0 Å². The minimum absolute atomic E-state index is 0.00668. The number of esters is 2. The predicted octanol–water partition coefficient (Wildman–Crippen LogP) is 5.76. The Kier molecular flexibility index (Phi) is 9.40. The predicted molar refractivity (Wildman–Crippen MR) is 187 cm³/mol. The number of rotatable bonds is 8. The van der Waals surface area contributed by atoms with E-state index in [1.165, 1.54) is 32.1 Å². The summed E-state index contributed by atoms with van der Waals surface area (Å²) >= 11 is 0. The first-order valence-electron chi connectivity index (χ1n) is 17.6. The summed E-state index contributed by atoms with van der Waals surface area (Å²) in [6.07, 6.45) is 6.38. The standard InChI is InChI=1S/C41H52O9/c1-24(42)50-36(2,3)20-19-31(44)41(9,48)34-28(43)22-38(6)30-17-16-26-27(40(30,8)32(45)23-39(34,38)7)21-29(35(47)37(26,4)5)49-33(46)18-15-25-13-11-10-12-14-25/h10-16,18-20,27-30,34,43,48H,17,21-23H2,1-9H3/b18-15+,20-19+/t27-,28-,29+,30+,34+,38+,39-,40+,41+/m1/s1. The van der Waals surface area contributed by atoms with Gasteiger partial charge in [0.1, 0.15) is 17.0 Å². The average molecular weight is 689 g/mol. The second kappa shape index (κ2) is 12.5. The van der Waals surface area contributed by atoms with Crippen molar-refractivity contribution in [2.24, 2.45) is 39.4 Å². The van der Waals surface area contributed by atoms with E-state index in [0.29, 0.717) is 6.42 Å². The molecular weight excluding hydrogens is 636 g/mol. The quantitative estimate of drug-likeness (QED) is 0.198. The summed E-state index contributed by atoms with van der Waals surface area (Å²) in [5, 5.41) is 23.7. The van der Waals surface area contributed by atoms with Crippen LogP contribution in [0.4, 0.5) is 0 Å². The molecule has 270 valence electrons. The largest absolute Gasteiger partial charge is 0.456 e. The Hall–Kier alpha value is -3.69. The first-order valence-corrected chi connectivity index (χ1v) is 17.6. The number of carbonyl (C=O) groups is 5. The Labute approximate surface area is 295 Å². The fraction of sp³-hybridized carbons (Fsp3) is 0.585. The SMILES string of the molecule is CC(=O)OC(C)(C)/C=C/C(=O)[C@](C)(O)[C@H]1[C@H](O)C[C@@]2(C)[C@@H]3CC=C4[C@@H](C[C@H](OC(=O)/C=C/c5ccccc5)C(=O)C4(C)C)[C@]3(C)C(=O)C[C@]12C. The summed E-state index contributed by atoms with van der Waals surface area (Å²) in [4.78, 5) is 66.8. The molecule has 4 aliphatic rings. The number of carbonyl (C=O) groups excluding carboxylic acids is 5. The van der Waals surface area contributed by atoms with Crippen molar-refractivity contribution in [3.8, 4) is 0 Å². The first-order chi connectivity index (χ1) is 23.0. The Morgan fingerprint density at radius 2 is 1.60 bits per heavy atom. The molecule has 0 amide bonds. The van der Waals surface area contributed by atoms with Crippen LogP contribution in [-0.4, -0.2) is 62.9 Å². The number of hydrogen-bond donors (Lipinski definition) is 2. The van der Waals surface area contributed by atoms with Crippen molar-refractivity contribution in [2.75, 3.05) is 0 Å². The maximum Gasteiger partial charge on any atom is 0.331 e. The molecule has 3 saturated carbocycles. The molecule has 9 heteroatoms. The van der Waals surface area contributed by atoms with E-state index in [1.807, 2.05) is 58.0 Å². The molecule has 9 atom stereocenters. The Morgan fingerprint density at radius 1 is 0.960 bits per heavy atom. The number of allylic oxidation sites excluding steroid dienone is 2. The van der Waals surface area contributed by atoms with E-state index in [1.54, 1.807) is 19.9 Å². The van der Waals surface area contributed by atoms with Gasteiger partial charge in [0.05, 0.1) is 6.10 Å². The molecule has 0 aliphatic heterocycles. The van der Waals surface area contributed by atoms with Crippen LogP contribution in [0, 0.1) is 39.4 Å². The van der Waals surface area contributed by atoms with Crippen molar-refractivity contribution in [2.45, 2.75) is 111 Å². The minimum atomic E-state index is -2.04. The molecule has 4 aliphatic carbocycles. The van der Waals surface area contributed by atoms with Crippen LogP contribution in [0.3, 0.4) is 0 Å². The summed E-state index contributed by atoms with van der Waals surface area (Å²) in [6.45, 7) is 15.4. The van der Waals surface area contributed by atoms with Gasteiger partial charge in [-0.3, -0.25) is 19.2 Å². The zero-order valence-corrected chi connectivity index (χ0v) is 30.7. The normalized spacial score (nSPS) is 36.2. The third kappa shape index (κ3) is 5.94. The monoisotopic (exact) mass is 688 g/mol. The number of fused-ring (bicyclic) bond motifs is 5. The molecule has 0 spiro atoms. The number of ether oxygens (including phenoxy) is 2. The van der Waals surface area contributed by atoms with E-state index < -0.39 is 74.6 Å². The molecule has 0 heterocycles. The number of benzene rings is 1. The maximum atomic E-state index is 14.7. The zero-order chi connectivity index (χ0) is 37.2. The van der Waals surface area contributed by atoms with E-state index >= 15 is 0 Å². The van der Waals surface area contributed by atoms with E-state index in [2.05, 4.69) is 13.0 Å². The van der Waals surface area contributed by atoms with Gasteiger partial charge in [0.15, 0.2) is 17.7 Å². The fourth-order valence-corrected chi connectivity index (χ4v) is 10.4. The number of hydrogen-bond acceptors (Lipinski definition) is 9. The van der Waals surface area contributed by atoms with Crippen LogP contribution in [0.2, 0.25) is 0 Å². The third-order valence-corrected chi connectivity index (χ3v) is 13.0. The number of aliphatic hydroxyl groups excluding tert-OH is 1. The van der Waals surface area contributed by atoms with Crippen LogP contribution < -0.4 is 0 Å². The minimum Gasteiger partial charge on any atom is -0.456 e. The molecule has 1 aromatic rings. The Bertz CT molecular complexity index is 1680. The van der Waals surface area contributed by atoms with Crippen LogP contribution >= 0.6 is 0 Å². The lowest BCUT2D eigenvalue weighted by Gasteiger charge is -2.64. The van der Waals surface area contributed by atoms with Gasteiger partial charge in [-0.1, -0.05) is 62.8 Å². The second-order valence-electron chi connectivity index (χ2n) is 16.9. The second-order valence-corrected chi connectivity index (χ2v) is 16.9. The van der Waals surface area contributed by atoms with E-state index in [-0.39, 0.29) is 36.7 Å². The smallest absolute Gasteiger partial charge is 0.331 e. The van der Waals surface area contributed by atoms with Gasteiger partial charge < -0.3 is 19.7 Å². The Balaban J connectivity index is 1.47. The highest BCUT2D eigenvalue weighted by Gasteiger charge is 2.74. The van der Waals surface area contributed by atoms with Crippen LogP contribution in [0.25, 0.3) is 6.08 Å². The Morgan fingerprint density at radius 3 is 2.22 bits per heavy atom. The van der Waals surface area contributed by atoms with Crippen molar-refractivity contribution in [3.63, 3.8) is 0 Å². The number of Topliss-reactive ketones (excluding diaryl/α,β-unsaturated/α-hetero) is 2. The van der Waals surface area contributed by atoms with E-state index in [0.717, 1.165) is 11.1 Å². The molecule has 1 aromatic carbocycles. The van der Waals surface area contributed by atoms with Crippen molar-refractivity contribution in [1.82, 2.24) is 0 Å². The van der Waals surface area contributed by atoms with Crippen molar-refractivity contribution < 1.29 is 43.7 Å². The lowest BCUT2D eigenvalue weighted by atomic mass is 9.38. The van der Waals surface area contributed by atoms with Crippen LogP contribution in [-0.2, 0) is 33.4 Å². The van der Waals surface area contributed by atoms with Gasteiger partial charge in [-0.25, -0.2) is 4.79 Å². The molecule has 2 N–H and O–H groups in total. The van der Waals surface area contributed by atoms with Crippen molar-refractivity contribution >= 4 is 35.4 Å². The fourth-order valence-electron chi connectivity index (χ4n) is 10.4. The van der Waals surface area contributed by atoms with Crippen molar-refractivity contribution in [1.29, 1.82) is 0 Å². The van der Waals surface area contributed by atoms with Crippen LogP contribution in [0.15, 0.2) is 60.2 Å². The summed E-state index contributed by atoms with van der Waals surface area (Å²) in [6, 6.07) is 9.29. The highest BCUT2D eigenvalue weighted by molar-refractivity contribution is 5.98. The number of ketones is 3. The molecule has 0 saturated heterocycles. The average Bonchev–Trinajstić information content (AvgIpc) is 3.22. The van der Waals surface area contributed by atoms with Gasteiger partial charge in [0.25, 0.3) is 0 Å². The van der Waals surface area contributed by atoms with E-state index in [4.69, 9.17) is 9.47 Å². The molecule has 50 heavy (non-hydrogen) atoms. The van der Waals surface area contributed by atoms with Gasteiger partial charge in [-0.05, 0) is 100 Å². The molecule has 0 unspecified atom stereocenters. The molecular formula is C41H52O9. The topological polar surface area (TPSA) is 144 Å². The summed E-state index contributed by atoms with van der Waals surface area (Å²) < 4.78 is 11.1. The zero-order valence-electron chi connectivity index (χ0n) is 30.7. The van der Waals surface area contributed by atoms with Gasteiger partial charge in [-0.2, -0.15) is 0 Å². The highest BCUT2D eigenvalue weighted by Crippen LogP contribution is 2.74.